The van der Waals surface area contributed by atoms with Gasteiger partial charge in [0.2, 0.25) is 0 Å². The SMILES string of the molecule is CC[C@@]12COP(=O)(O)O[C@@H]3[C@H](O)[C@@H](COP(O)(=S)O[C@H]1[C@@H](O)[C@H](n1cnc4c(N)ncnc41)O2)O[C@H]3n1cc(F)c2c(=O)[nH]cnc21. The Labute approximate surface area is 267 Å². The lowest BCUT2D eigenvalue weighted by molar-refractivity contribution is -0.128. The molecular formula is C23H27FN8O12P2S. The van der Waals surface area contributed by atoms with Gasteiger partial charge in [-0.15, -0.1) is 0 Å². The van der Waals surface area contributed by atoms with Gasteiger partial charge >= 0.3 is 14.5 Å². The quantitative estimate of drug-likeness (QED) is 0.148. The van der Waals surface area contributed by atoms with E-state index in [1.165, 1.54) is 17.2 Å². The number of hydrogen-bond donors (Lipinski definition) is 6. The van der Waals surface area contributed by atoms with Crippen molar-refractivity contribution in [3.63, 3.8) is 0 Å². The summed E-state index contributed by atoms with van der Waals surface area (Å²) in [6.07, 6.45) is -6.67. The van der Waals surface area contributed by atoms with Crippen LogP contribution in [0.25, 0.3) is 22.2 Å². The van der Waals surface area contributed by atoms with Gasteiger partial charge in [0.15, 0.2) is 35.4 Å². The lowest BCUT2D eigenvalue weighted by atomic mass is 9.93. The van der Waals surface area contributed by atoms with Crippen molar-refractivity contribution in [2.24, 2.45) is 0 Å². The molecule has 20 nitrogen and oxygen atoms in total. The fourth-order valence-electron chi connectivity index (χ4n) is 5.93. The Balaban J connectivity index is 1.25. The molecule has 0 aliphatic carbocycles. The van der Waals surface area contributed by atoms with E-state index in [0.29, 0.717) is 0 Å². The second-order valence-electron chi connectivity index (χ2n) is 11.0. The molecule has 0 spiro atoms. The number of imidazole rings is 1. The summed E-state index contributed by atoms with van der Waals surface area (Å²) in [6.45, 7) is -4.17. The number of phosphoric acid groups is 1. The number of fused-ring (bicyclic) bond motifs is 5. The standard InChI is InChI=1S/C23H27FN8O12P2S/c1-2-23-5-40-45(36,37)43-15-13(33)10(41-22(15)31-3-9(24)11-18(31)27-7-29-20(11)35)4-39-46(38,47)44-16(23)14(34)21(42-23)32-8-30-12-17(25)26-6-28-19(12)32/h3,6-8,10,13-16,21-22,33-34H,2,4-5H2,1H3,(H,36,37)(H,38,47)(H2,25,26,28)(H,27,29,35)/t10-,13-,14-,15-,16+,21-,22-,23-,46?/m1/s1. The molecule has 3 fully saturated rings. The van der Waals surface area contributed by atoms with Crippen LogP contribution in [0.15, 0.2) is 30.0 Å². The number of nitrogen functional groups attached to an aromatic ring is 1. The normalized spacial score (nSPS) is 38.2. The molecule has 4 aromatic rings. The van der Waals surface area contributed by atoms with Crippen molar-refractivity contribution in [3.8, 4) is 0 Å². The molecule has 7 rings (SSSR count). The second kappa shape index (κ2) is 11.7. The first-order valence-electron chi connectivity index (χ1n) is 13.9. The van der Waals surface area contributed by atoms with Gasteiger partial charge in [-0.3, -0.25) is 22.9 Å². The third kappa shape index (κ3) is 5.52. The molecule has 0 amide bonds. The van der Waals surface area contributed by atoms with E-state index >= 15 is 0 Å². The van der Waals surface area contributed by atoms with E-state index in [1.807, 2.05) is 0 Å². The monoisotopic (exact) mass is 720 g/mol. The molecule has 3 aliphatic rings. The molecule has 254 valence electrons. The minimum absolute atomic E-state index is 0.0421. The maximum absolute atomic E-state index is 14.8. The average Bonchev–Trinajstić information content (AvgIpc) is 3.75. The highest BCUT2D eigenvalue weighted by atomic mass is 32.5. The molecule has 24 heteroatoms. The van der Waals surface area contributed by atoms with Crippen molar-refractivity contribution in [3.05, 3.63) is 41.3 Å². The molecule has 2 bridgehead atoms. The number of nitrogens with one attached hydrogen (secondary N) is 1. The molecular weight excluding hydrogens is 693 g/mol. The maximum atomic E-state index is 14.8. The minimum atomic E-state index is -5.17. The van der Waals surface area contributed by atoms with E-state index in [-0.39, 0.29) is 29.0 Å². The Morgan fingerprint density at radius 2 is 1.91 bits per heavy atom. The highest BCUT2D eigenvalue weighted by Gasteiger charge is 2.59. The number of anilines is 1. The third-order valence-corrected chi connectivity index (χ3v) is 10.8. The van der Waals surface area contributed by atoms with Gasteiger partial charge in [0.1, 0.15) is 53.4 Å². The van der Waals surface area contributed by atoms with Crippen LogP contribution in [-0.2, 0) is 43.9 Å². The van der Waals surface area contributed by atoms with Crippen molar-refractivity contribution in [1.29, 1.82) is 0 Å². The number of aromatic nitrogens is 7. The second-order valence-corrected chi connectivity index (χ2v) is 15.2. The highest BCUT2D eigenvalue weighted by molar-refractivity contribution is 8.07. The number of nitrogens with zero attached hydrogens (tertiary/aromatic N) is 6. The van der Waals surface area contributed by atoms with Crippen molar-refractivity contribution in [2.75, 3.05) is 18.9 Å². The number of rotatable bonds is 3. The Kier molecular flexibility index (Phi) is 8.11. The van der Waals surface area contributed by atoms with Crippen LogP contribution < -0.4 is 11.3 Å². The van der Waals surface area contributed by atoms with E-state index in [4.69, 9.17) is 45.1 Å². The van der Waals surface area contributed by atoms with Crippen molar-refractivity contribution in [1.82, 2.24) is 34.1 Å². The Bertz CT molecular complexity index is 2020. The minimum Gasteiger partial charge on any atom is -0.387 e. The van der Waals surface area contributed by atoms with Crippen LogP contribution in [0.4, 0.5) is 10.2 Å². The maximum Gasteiger partial charge on any atom is 0.472 e. The number of nitrogens with two attached hydrogens (primary N) is 1. The van der Waals surface area contributed by atoms with E-state index in [2.05, 4.69) is 24.9 Å². The van der Waals surface area contributed by atoms with Crippen LogP contribution in [0.1, 0.15) is 25.8 Å². The van der Waals surface area contributed by atoms with Gasteiger partial charge < -0.3 is 49.3 Å². The smallest absolute Gasteiger partial charge is 0.387 e. The van der Waals surface area contributed by atoms with E-state index in [9.17, 15) is 33.7 Å². The predicted octanol–water partition coefficient (Wildman–Crippen LogP) is -0.283. The molecule has 47 heavy (non-hydrogen) atoms. The summed E-state index contributed by atoms with van der Waals surface area (Å²) >= 11 is 5.25. The van der Waals surface area contributed by atoms with Crippen LogP contribution in [-0.4, -0.2) is 103 Å². The van der Waals surface area contributed by atoms with Gasteiger partial charge in [-0.2, -0.15) is 0 Å². The number of hydrogen-bond acceptors (Lipinski definition) is 16. The molecule has 10 atom stereocenters. The number of aliphatic hydroxyl groups is 2. The van der Waals surface area contributed by atoms with Gasteiger partial charge in [-0.05, 0) is 18.2 Å². The summed E-state index contributed by atoms with van der Waals surface area (Å²) in [7, 11) is -5.17. The highest BCUT2D eigenvalue weighted by Crippen LogP contribution is 2.56. The van der Waals surface area contributed by atoms with Gasteiger partial charge in [-0.1, -0.05) is 6.92 Å². The van der Waals surface area contributed by atoms with Crippen molar-refractivity contribution >= 4 is 54.4 Å². The number of aliphatic hydroxyl groups excluding tert-OH is 2. The Morgan fingerprint density at radius 3 is 2.68 bits per heavy atom. The molecule has 0 aromatic carbocycles. The van der Waals surface area contributed by atoms with E-state index in [1.54, 1.807) is 6.92 Å². The van der Waals surface area contributed by atoms with Gasteiger partial charge in [-0.25, -0.2) is 28.9 Å². The van der Waals surface area contributed by atoms with Crippen molar-refractivity contribution < 1.29 is 56.5 Å². The number of H-pyrrole nitrogens is 1. The lowest BCUT2D eigenvalue weighted by Crippen LogP contribution is -2.47. The summed E-state index contributed by atoms with van der Waals surface area (Å²) in [6, 6.07) is 0. The molecule has 0 saturated carbocycles. The van der Waals surface area contributed by atoms with Crippen LogP contribution >= 0.6 is 14.5 Å². The molecule has 4 aromatic heterocycles. The Morgan fingerprint density at radius 1 is 1.13 bits per heavy atom. The molecule has 3 aliphatic heterocycles. The first-order valence-corrected chi connectivity index (χ1v) is 18.0. The zero-order valence-electron chi connectivity index (χ0n) is 24.0. The first kappa shape index (κ1) is 32.7. The summed E-state index contributed by atoms with van der Waals surface area (Å²) in [5, 5.41) is 22.2. The summed E-state index contributed by atoms with van der Waals surface area (Å²) in [5.74, 6) is -0.938. The van der Waals surface area contributed by atoms with E-state index in [0.717, 1.165) is 17.1 Å². The Hall–Kier alpha value is -2.82. The summed E-state index contributed by atoms with van der Waals surface area (Å²) < 4.78 is 64.8. The largest absolute Gasteiger partial charge is 0.472 e. The lowest BCUT2D eigenvalue weighted by Gasteiger charge is -2.35. The molecule has 2 unspecified atom stereocenters. The average molecular weight is 721 g/mol. The van der Waals surface area contributed by atoms with Gasteiger partial charge in [0.25, 0.3) is 5.56 Å². The molecule has 3 saturated heterocycles. The third-order valence-electron chi connectivity index (χ3n) is 8.27. The summed E-state index contributed by atoms with van der Waals surface area (Å²) in [5.41, 5.74) is 3.47. The van der Waals surface area contributed by atoms with E-state index < -0.39 is 93.1 Å². The first-order chi connectivity index (χ1) is 22.2. The van der Waals surface area contributed by atoms with Crippen LogP contribution in [0.2, 0.25) is 0 Å². The topological polar surface area (TPSA) is 274 Å². The number of halogens is 1. The molecule has 7 N–H and O–H groups in total. The van der Waals surface area contributed by atoms with Gasteiger partial charge in [0, 0.05) is 6.20 Å². The predicted molar refractivity (Wildman–Crippen MR) is 157 cm³/mol. The number of aromatic amines is 1. The zero-order chi connectivity index (χ0) is 33.5. The van der Waals surface area contributed by atoms with Crippen LogP contribution in [0.3, 0.4) is 0 Å². The van der Waals surface area contributed by atoms with Crippen LogP contribution in [0.5, 0.6) is 0 Å². The zero-order valence-corrected chi connectivity index (χ0v) is 26.6. The molecule has 7 heterocycles. The number of phosphoric ester groups is 1. The molecule has 0 radical (unpaired) electrons. The summed E-state index contributed by atoms with van der Waals surface area (Å²) in [4.78, 5) is 52.7. The number of ether oxygens (including phenoxy) is 2. The van der Waals surface area contributed by atoms with Crippen LogP contribution in [0, 0.1) is 5.82 Å². The van der Waals surface area contributed by atoms with Crippen molar-refractivity contribution in [2.45, 2.75) is 61.9 Å². The van der Waals surface area contributed by atoms with Gasteiger partial charge in [0.05, 0.1) is 25.9 Å². The fraction of sp³-hybridized carbons (Fsp3) is 0.522. The fourth-order valence-corrected chi connectivity index (χ4v) is 8.37.